The number of anilines is 2. The Morgan fingerprint density at radius 1 is 1.18 bits per heavy atom. The zero-order valence-electron chi connectivity index (χ0n) is 18.7. The van der Waals surface area contributed by atoms with Gasteiger partial charge >= 0.3 is 0 Å². The quantitative estimate of drug-likeness (QED) is 0.456. The molecule has 11 heteroatoms. The molecule has 4 rings (SSSR count). The second kappa shape index (κ2) is 10.7. The minimum atomic E-state index is -4.36. The lowest BCUT2D eigenvalue weighted by Gasteiger charge is -2.39. The lowest BCUT2D eigenvalue weighted by molar-refractivity contribution is 0.166. The number of rotatable bonds is 8. The van der Waals surface area contributed by atoms with Gasteiger partial charge in [0, 0.05) is 25.2 Å². The van der Waals surface area contributed by atoms with Gasteiger partial charge in [0.05, 0.1) is 10.7 Å². The highest BCUT2D eigenvalue weighted by atomic mass is 35.5. The molecule has 0 amide bonds. The number of nitrogens with zero attached hydrogens (tertiary/aromatic N) is 2. The molecule has 3 N–H and O–H groups in total. The Bertz CT molecular complexity index is 1120. The Kier molecular flexibility index (Phi) is 7.91. The number of hydrogen-bond acceptors (Lipinski definition) is 6. The van der Waals surface area contributed by atoms with Crippen molar-refractivity contribution in [3.05, 3.63) is 47.1 Å². The predicted molar refractivity (Wildman–Crippen MR) is 127 cm³/mol. The van der Waals surface area contributed by atoms with Gasteiger partial charge in [-0.2, -0.15) is 4.39 Å². The van der Waals surface area contributed by atoms with Gasteiger partial charge in [-0.1, -0.05) is 30.5 Å². The molecule has 7 nitrogen and oxygen atoms in total. The van der Waals surface area contributed by atoms with E-state index >= 15 is 0 Å². The number of aliphatic hydroxyl groups excluding tert-OH is 1. The Hall–Kier alpha value is -2.01. The topological polar surface area (TPSA) is 94.6 Å². The summed E-state index contributed by atoms with van der Waals surface area (Å²) in [7, 11) is -4.36. The van der Waals surface area contributed by atoms with Crippen LogP contribution in [0.3, 0.4) is 0 Å². The molecule has 2 aromatic rings. The monoisotopic (exact) mass is 514 g/mol. The third kappa shape index (κ3) is 5.79. The van der Waals surface area contributed by atoms with E-state index < -0.39 is 26.7 Å². The molecule has 2 fully saturated rings. The van der Waals surface area contributed by atoms with Crippen molar-refractivity contribution in [1.29, 1.82) is 0 Å². The van der Waals surface area contributed by atoms with Gasteiger partial charge in [-0.15, -0.1) is 0 Å². The first-order chi connectivity index (χ1) is 16.3. The maximum absolute atomic E-state index is 14.9. The molecule has 1 aliphatic carbocycles. The SMILES string of the molecule is O=S(=O)(Nc1cccc(F)n1)c1cc(Cl)c(N[C@@H]2CCCC[C@H]2N2CC[C@H](CCO)C2)cc1F. The highest BCUT2D eigenvalue weighted by Crippen LogP contribution is 2.34. The number of sulfonamides is 1. The van der Waals surface area contributed by atoms with E-state index in [1.54, 1.807) is 0 Å². The van der Waals surface area contributed by atoms with Crippen molar-refractivity contribution in [3.63, 3.8) is 0 Å². The Labute approximate surface area is 203 Å². The van der Waals surface area contributed by atoms with Crippen molar-refractivity contribution in [3.8, 4) is 0 Å². The summed E-state index contributed by atoms with van der Waals surface area (Å²) < 4.78 is 55.7. The van der Waals surface area contributed by atoms with Crippen molar-refractivity contribution in [1.82, 2.24) is 9.88 Å². The lowest BCUT2D eigenvalue weighted by Crippen LogP contribution is -2.48. The zero-order chi connectivity index (χ0) is 24.3. The second-order valence-electron chi connectivity index (χ2n) is 8.98. The van der Waals surface area contributed by atoms with E-state index in [0.717, 1.165) is 69.8 Å². The fraction of sp³-hybridized carbons (Fsp3) is 0.522. The van der Waals surface area contributed by atoms with Gasteiger partial charge in [-0.05, 0) is 62.4 Å². The molecule has 2 heterocycles. The Morgan fingerprint density at radius 2 is 1.97 bits per heavy atom. The smallest absolute Gasteiger partial charge is 0.266 e. The largest absolute Gasteiger partial charge is 0.396 e. The number of aliphatic hydroxyl groups is 1. The van der Waals surface area contributed by atoms with E-state index in [1.165, 1.54) is 12.1 Å². The van der Waals surface area contributed by atoms with Crippen molar-refractivity contribution in [2.45, 2.75) is 55.5 Å². The highest BCUT2D eigenvalue weighted by molar-refractivity contribution is 7.92. The van der Waals surface area contributed by atoms with Gasteiger partial charge < -0.3 is 10.4 Å². The van der Waals surface area contributed by atoms with Gasteiger partial charge in [-0.3, -0.25) is 9.62 Å². The average molecular weight is 515 g/mol. The van der Waals surface area contributed by atoms with Gasteiger partial charge in [0.2, 0.25) is 5.95 Å². The van der Waals surface area contributed by atoms with Crippen LogP contribution in [0.5, 0.6) is 0 Å². The second-order valence-corrected chi connectivity index (χ2v) is 11.0. The molecule has 1 saturated carbocycles. The third-order valence-electron chi connectivity index (χ3n) is 6.66. The molecular weight excluding hydrogens is 486 g/mol. The molecule has 1 aromatic carbocycles. The molecule has 0 unspecified atom stereocenters. The van der Waals surface area contributed by atoms with Crippen LogP contribution in [-0.2, 0) is 10.0 Å². The molecule has 2 aliphatic rings. The van der Waals surface area contributed by atoms with Crippen LogP contribution in [-0.4, -0.2) is 55.2 Å². The number of benzene rings is 1. The molecule has 3 atom stereocenters. The van der Waals surface area contributed by atoms with Crippen LogP contribution in [0.2, 0.25) is 5.02 Å². The van der Waals surface area contributed by atoms with Crippen LogP contribution in [0.25, 0.3) is 0 Å². The molecule has 1 aliphatic heterocycles. The summed E-state index contributed by atoms with van der Waals surface area (Å²) in [4.78, 5) is 5.25. The third-order valence-corrected chi connectivity index (χ3v) is 8.34. The maximum Gasteiger partial charge on any atom is 0.266 e. The average Bonchev–Trinajstić information content (AvgIpc) is 3.25. The molecule has 0 spiro atoms. The fourth-order valence-corrected chi connectivity index (χ4v) is 6.37. The summed E-state index contributed by atoms with van der Waals surface area (Å²) in [5.41, 5.74) is 0.338. The Balaban J connectivity index is 1.51. The minimum absolute atomic E-state index is 0.0515. The lowest BCUT2D eigenvalue weighted by atomic mass is 9.89. The van der Waals surface area contributed by atoms with E-state index in [0.29, 0.717) is 11.6 Å². The van der Waals surface area contributed by atoms with Crippen LogP contribution in [0.4, 0.5) is 20.3 Å². The first kappa shape index (κ1) is 25.1. The van der Waals surface area contributed by atoms with Crippen LogP contribution < -0.4 is 10.0 Å². The molecule has 1 aromatic heterocycles. The van der Waals surface area contributed by atoms with E-state index in [9.17, 15) is 22.3 Å². The van der Waals surface area contributed by atoms with Crippen molar-refractivity contribution >= 4 is 33.1 Å². The maximum atomic E-state index is 14.9. The van der Waals surface area contributed by atoms with E-state index in [4.69, 9.17) is 11.6 Å². The molecular formula is C23H29ClF2N4O3S. The molecule has 186 valence electrons. The summed E-state index contributed by atoms with van der Waals surface area (Å²) in [5, 5.41) is 12.7. The van der Waals surface area contributed by atoms with Crippen molar-refractivity contribution in [2.24, 2.45) is 5.92 Å². The van der Waals surface area contributed by atoms with E-state index in [2.05, 4.69) is 19.9 Å². The molecule has 0 radical (unpaired) electrons. The number of nitrogens with one attached hydrogen (secondary N) is 2. The summed E-state index contributed by atoms with van der Waals surface area (Å²) >= 11 is 6.39. The minimum Gasteiger partial charge on any atom is -0.396 e. The highest BCUT2D eigenvalue weighted by Gasteiger charge is 2.35. The van der Waals surface area contributed by atoms with Gasteiger partial charge in [-0.25, -0.2) is 17.8 Å². The van der Waals surface area contributed by atoms with Crippen LogP contribution in [0.15, 0.2) is 35.2 Å². The summed E-state index contributed by atoms with van der Waals surface area (Å²) in [6.07, 6.45) is 5.92. The molecule has 34 heavy (non-hydrogen) atoms. The fourth-order valence-electron chi connectivity index (χ4n) is 5.00. The van der Waals surface area contributed by atoms with Gasteiger partial charge in [0.1, 0.15) is 16.5 Å². The van der Waals surface area contributed by atoms with Gasteiger partial charge in [0.15, 0.2) is 0 Å². The summed E-state index contributed by atoms with van der Waals surface area (Å²) in [6, 6.07) is 6.11. The number of likely N-dealkylation sites (tertiary alicyclic amines) is 1. The summed E-state index contributed by atoms with van der Waals surface area (Å²) in [6.45, 7) is 2.09. The first-order valence-electron chi connectivity index (χ1n) is 11.5. The van der Waals surface area contributed by atoms with E-state index in [-0.39, 0.29) is 29.5 Å². The Morgan fingerprint density at radius 3 is 2.74 bits per heavy atom. The first-order valence-corrected chi connectivity index (χ1v) is 13.4. The number of halogens is 3. The van der Waals surface area contributed by atoms with Crippen molar-refractivity contribution in [2.75, 3.05) is 29.7 Å². The zero-order valence-corrected chi connectivity index (χ0v) is 20.3. The normalized spacial score (nSPS) is 23.7. The van der Waals surface area contributed by atoms with Gasteiger partial charge in [0.25, 0.3) is 10.0 Å². The number of pyridine rings is 1. The van der Waals surface area contributed by atoms with Crippen molar-refractivity contribution < 1.29 is 22.3 Å². The standard InChI is InChI=1S/C23H29ClF2N4O3S/c24-16-12-21(34(32,33)29-23-7-3-6-22(26)28-23)17(25)13-19(16)27-18-4-1-2-5-20(18)30-10-8-15(14-30)9-11-31/h3,6-7,12-13,15,18,20,27,31H,1-2,4-5,8-11,14H2,(H,28,29)/t15-,18-,20-/m1/s1. The van der Waals surface area contributed by atoms with Crippen LogP contribution >= 0.6 is 11.6 Å². The summed E-state index contributed by atoms with van der Waals surface area (Å²) in [5.74, 6) is -1.60. The molecule has 0 bridgehead atoms. The predicted octanol–water partition coefficient (Wildman–Crippen LogP) is 4.24. The number of aromatic nitrogens is 1. The van der Waals surface area contributed by atoms with Crippen LogP contribution in [0.1, 0.15) is 38.5 Å². The molecule has 1 saturated heterocycles. The van der Waals surface area contributed by atoms with E-state index in [1.807, 2.05) is 0 Å². The number of hydrogen-bond donors (Lipinski definition) is 3. The van der Waals surface area contributed by atoms with Crippen LogP contribution in [0, 0.1) is 17.7 Å².